The zero-order valence-corrected chi connectivity index (χ0v) is 11.5. The Hall–Kier alpha value is -1.86. The maximum absolute atomic E-state index is 12.1. The van der Waals surface area contributed by atoms with Crippen LogP contribution in [0, 0.1) is 0 Å². The first-order valence-electron chi connectivity index (χ1n) is 5.29. The van der Waals surface area contributed by atoms with Gasteiger partial charge in [0.15, 0.2) is 0 Å². The molecular formula is C11H11ClN4O2S. The van der Waals surface area contributed by atoms with E-state index in [1.807, 2.05) is 0 Å². The number of aromatic nitrogens is 2. The summed E-state index contributed by atoms with van der Waals surface area (Å²) >= 11 is 5.91. The van der Waals surface area contributed by atoms with Crippen LogP contribution in [0.25, 0.3) is 0 Å². The Balaban J connectivity index is 2.32. The van der Waals surface area contributed by atoms with E-state index in [-0.39, 0.29) is 9.92 Å². The summed E-state index contributed by atoms with van der Waals surface area (Å²) in [5.74, 6) is 0.419. The van der Waals surface area contributed by atoms with E-state index in [9.17, 15) is 8.42 Å². The highest BCUT2D eigenvalue weighted by atomic mass is 35.5. The summed E-state index contributed by atoms with van der Waals surface area (Å²) in [6.07, 6.45) is 4.20. The minimum atomic E-state index is -3.73. The van der Waals surface area contributed by atoms with Crippen molar-refractivity contribution in [3.05, 3.63) is 41.8 Å². The number of anilines is 2. The average molecular weight is 299 g/mol. The molecule has 0 aromatic carbocycles. The number of rotatable bonds is 4. The molecule has 0 saturated heterocycles. The van der Waals surface area contributed by atoms with Crippen LogP contribution in [0.15, 0.2) is 41.7 Å². The fourth-order valence-corrected chi connectivity index (χ4v) is 2.73. The van der Waals surface area contributed by atoms with E-state index in [2.05, 4.69) is 20.0 Å². The number of nitrogens with zero attached hydrogens (tertiary/aromatic N) is 2. The summed E-state index contributed by atoms with van der Waals surface area (Å²) in [6, 6.07) is 4.56. The van der Waals surface area contributed by atoms with Gasteiger partial charge in [-0.1, -0.05) is 11.6 Å². The Morgan fingerprint density at radius 2 is 2.11 bits per heavy atom. The van der Waals surface area contributed by atoms with Crippen LogP contribution in [0.4, 0.5) is 11.5 Å². The van der Waals surface area contributed by atoms with Crippen LogP contribution in [0.3, 0.4) is 0 Å². The molecule has 0 radical (unpaired) electrons. The first kappa shape index (κ1) is 13.6. The molecule has 19 heavy (non-hydrogen) atoms. The molecule has 0 amide bonds. The van der Waals surface area contributed by atoms with Gasteiger partial charge in [0, 0.05) is 19.4 Å². The highest BCUT2D eigenvalue weighted by Gasteiger charge is 2.16. The summed E-state index contributed by atoms with van der Waals surface area (Å²) in [5, 5.41) is 2.99. The molecule has 0 fully saturated rings. The summed E-state index contributed by atoms with van der Waals surface area (Å²) in [5.41, 5.74) is 0.372. The molecule has 2 aromatic rings. The molecule has 0 saturated carbocycles. The van der Waals surface area contributed by atoms with Gasteiger partial charge in [0.1, 0.15) is 10.7 Å². The van der Waals surface area contributed by atoms with Crippen LogP contribution in [0.2, 0.25) is 5.02 Å². The van der Waals surface area contributed by atoms with Gasteiger partial charge < -0.3 is 5.32 Å². The van der Waals surface area contributed by atoms with Crippen LogP contribution >= 0.6 is 11.6 Å². The van der Waals surface area contributed by atoms with E-state index in [4.69, 9.17) is 11.6 Å². The van der Waals surface area contributed by atoms with E-state index in [1.54, 1.807) is 25.4 Å². The Kier molecular flexibility index (Phi) is 3.87. The molecule has 2 heterocycles. The molecule has 0 bridgehead atoms. The second kappa shape index (κ2) is 5.41. The molecule has 2 aromatic heterocycles. The van der Waals surface area contributed by atoms with Crippen molar-refractivity contribution in [3.63, 3.8) is 0 Å². The van der Waals surface area contributed by atoms with Gasteiger partial charge in [-0.2, -0.15) is 0 Å². The van der Waals surface area contributed by atoms with Crippen LogP contribution in [0.5, 0.6) is 0 Å². The highest BCUT2D eigenvalue weighted by Crippen LogP contribution is 2.23. The minimum absolute atomic E-state index is 0.0136. The molecule has 8 heteroatoms. The van der Waals surface area contributed by atoms with Gasteiger partial charge in [-0.15, -0.1) is 0 Å². The maximum Gasteiger partial charge on any atom is 0.263 e. The van der Waals surface area contributed by atoms with E-state index < -0.39 is 10.0 Å². The number of hydrogen-bond donors (Lipinski definition) is 2. The summed E-state index contributed by atoms with van der Waals surface area (Å²) < 4.78 is 26.6. The molecule has 0 aliphatic heterocycles. The topological polar surface area (TPSA) is 84.0 Å². The standard InChI is InChI=1S/C11H11ClN4O2S/c1-13-11-10(12)5-9(7-15-11)19(17,18)16-8-3-2-4-14-6-8/h2-7,16H,1H3,(H,13,15). The zero-order valence-electron chi connectivity index (χ0n) is 9.96. The van der Waals surface area contributed by atoms with Gasteiger partial charge in [0.05, 0.1) is 16.9 Å². The van der Waals surface area contributed by atoms with Crippen molar-refractivity contribution < 1.29 is 8.42 Å². The third-order valence-corrected chi connectivity index (χ3v) is 3.91. The molecule has 0 atom stereocenters. The van der Waals surface area contributed by atoms with Crippen molar-refractivity contribution in [1.29, 1.82) is 0 Å². The second-order valence-corrected chi connectivity index (χ2v) is 5.69. The summed E-state index contributed by atoms with van der Waals surface area (Å²) in [4.78, 5) is 7.74. The Morgan fingerprint density at radius 3 is 2.68 bits per heavy atom. The van der Waals surface area contributed by atoms with Crippen LogP contribution in [-0.2, 0) is 10.0 Å². The third kappa shape index (κ3) is 3.12. The maximum atomic E-state index is 12.1. The van der Waals surface area contributed by atoms with Crippen molar-refractivity contribution in [1.82, 2.24) is 9.97 Å². The summed E-state index contributed by atoms with van der Waals surface area (Å²) in [6.45, 7) is 0. The molecule has 0 aliphatic rings. The number of hydrogen-bond acceptors (Lipinski definition) is 5. The fourth-order valence-electron chi connectivity index (χ4n) is 1.39. The van der Waals surface area contributed by atoms with Gasteiger partial charge in [0.2, 0.25) is 0 Å². The van der Waals surface area contributed by atoms with Gasteiger partial charge in [-0.05, 0) is 18.2 Å². The quantitative estimate of drug-likeness (QED) is 0.901. The first-order chi connectivity index (χ1) is 9.03. The van der Waals surface area contributed by atoms with Crippen molar-refractivity contribution in [2.75, 3.05) is 17.1 Å². The number of nitrogens with one attached hydrogen (secondary N) is 2. The lowest BCUT2D eigenvalue weighted by Crippen LogP contribution is -2.13. The van der Waals surface area contributed by atoms with Gasteiger partial charge in [-0.25, -0.2) is 13.4 Å². The molecular weight excluding hydrogens is 288 g/mol. The number of pyridine rings is 2. The lowest BCUT2D eigenvalue weighted by molar-refractivity contribution is 0.601. The van der Waals surface area contributed by atoms with E-state index in [0.717, 1.165) is 0 Å². The van der Waals surface area contributed by atoms with E-state index in [0.29, 0.717) is 11.5 Å². The Morgan fingerprint density at radius 1 is 1.32 bits per heavy atom. The smallest absolute Gasteiger partial charge is 0.263 e. The lowest BCUT2D eigenvalue weighted by atomic mass is 10.4. The Labute approximate surface area is 115 Å². The summed E-state index contributed by atoms with van der Waals surface area (Å²) in [7, 11) is -2.08. The predicted octanol–water partition coefficient (Wildman–Crippen LogP) is 1.97. The number of halogens is 1. The van der Waals surface area contributed by atoms with Crippen molar-refractivity contribution in [3.8, 4) is 0 Å². The van der Waals surface area contributed by atoms with E-state index in [1.165, 1.54) is 18.5 Å². The van der Waals surface area contributed by atoms with E-state index >= 15 is 0 Å². The molecule has 0 unspecified atom stereocenters. The van der Waals surface area contributed by atoms with Crippen LogP contribution in [-0.4, -0.2) is 25.4 Å². The van der Waals surface area contributed by atoms with Gasteiger partial charge >= 0.3 is 0 Å². The lowest BCUT2D eigenvalue weighted by Gasteiger charge is -2.09. The largest absolute Gasteiger partial charge is 0.372 e. The SMILES string of the molecule is CNc1ncc(S(=O)(=O)Nc2cccnc2)cc1Cl. The second-order valence-electron chi connectivity index (χ2n) is 3.60. The highest BCUT2D eigenvalue weighted by molar-refractivity contribution is 7.92. The van der Waals surface area contributed by atoms with Crippen LogP contribution < -0.4 is 10.0 Å². The molecule has 100 valence electrons. The zero-order chi connectivity index (χ0) is 13.9. The molecule has 0 aliphatic carbocycles. The van der Waals surface area contributed by atoms with Crippen molar-refractivity contribution in [2.24, 2.45) is 0 Å². The molecule has 2 N–H and O–H groups in total. The predicted molar refractivity (Wildman–Crippen MR) is 73.8 cm³/mol. The number of sulfonamides is 1. The molecule has 0 spiro atoms. The first-order valence-corrected chi connectivity index (χ1v) is 7.15. The van der Waals surface area contributed by atoms with Crippen molar-refractivity contribution >= 4 is 33.1 Å². The molecule has 2 rings (SSSR count). The minimum Gasteiger partial charge on any atom is -0.372 e. The molecule has 6 nitrogen and oxygen atoms in total. The van der Waals surface area contributed by atoms with Crippen LogP contribution in [0.1, 0.15) is 0 Å². The fraction of sp³-hybridized carbons (Fsp3) is 0.0909. The Bertz CT molecular complexity index is 676. The average Bonchev–Trinajstić information content (AvgIpc) is 2.39. The van der Waals surface area contributed by atoms with Crippen molar-refractivity contribution in [2.45, 2.75) is 4.90 Å². The monoisotopic (exact) mass is 298 g/mol. The van der Waals surface area contributed by atoms with Gasteiger partial charge in [-0.3, -0.25) is 9.71 Å². The van der Waals surface area contributed by atoms with Gasteiger partial charge in [0.25, 0.3) is 10.0 Å². The third-order valence-electron chi connectivity index (χ3n) is 2.28. The normalized spacial score (nSPS) is 11.1.